The lowest BCUT2D eigenvalue weighted by Crippen LogP contribution is -2.30. The monoisotopic (exact) mass is 411 g/mol. The number of imidazole rings is 1. The average Bonchev–Trinajstić information content (AvgIpc) is 3.28. The molecule has 31 heavy (non-hydrogen) atoms. The van der Waals surface area contributed by atoms with Gasteiger partial charge in [0.2, 0.25) is 0 Å². The Hall–Kier alpha value is -3.93. The van der Waals surface area contributed by atoms with Gasteiger partial charge >= 0.3 is 0 Å². The Kier molecular flexibility index (Phi) is 4.75. The summed E-state index contributed by atoms with van der Waals surface area (Å²) in [6.45, 7) is 3.30. The van der Waals surface area contributed by atoms with E-state index in [9.17, 15) is 9.59 Å². The molecule has 6 heteroatoms. The van der Waals surface area contributed by atoms with Gasteiger partial charge in [0.15, 0.2) is 0 Å². The Morgan fingerprint density at radius 2 is 1.55 bits per heavy atom. The molecule has 0 radical (unpaired) electrons. The molecule has 0 saturated carbocycles. The van der Waals surface area contributed by atoms with Crippen molar-refractivity contribution >= 4 is 22.8 Å². The van der Waals surface area contributed by atoms with Crippen molar-refractivity contribution in [3.63, 3.8) is 0 Å². The first-order chi connectivity index (χ1) is 15.2. The molecule has 154 valence electrons. The van der Waals surface area contributed by atoms with Crippen LogP contribution < -0.4 is 4.74 Å². The number of carbonyl (C=O) groups is 2. The summed E-state index contributed by atoms with van der Waals surface area (Å²) in [5.41, 5.74) is 3.71. The maximum Gasteiger partial charge on any atom is 0.261 e. The van der Waals surface area contributed by atoms with Gasteiger partial charge in [-0.3, -0.25) is 14.5 Å². The van der Waals surface area contributed by atoms with Crippen LogP contribution in [0.15, 0.2) is 72.8 Å². The van der Waals surface area contributed by atoms with E-state index >= 15 is 0 Å². The molecule has 6 nitrogen and oxygen atoms in total. The second-order valence-electron chi connectivity index (χ2n) is 7.44. The van der Waals surface area contributed by atoms with Crippen molar-refractivity contribution < 1.29 is 14.3 Å². The number of benzene rings is 3. The molecule has 0 atom stereocenters. The Bertz CT molecular complexity index is 1260. The van der Waals surface area contributed by atoms with Gasteiger partial charge in [0.05, 0.1) is 28.7 Å². The average molecular weight is 411 g/mol. The van der Waals surface area contributed by atoms with E-state index in [4.69, 9.17) is 9.72 Å². The molecule has 2 heterocycles. The minimum atomic E-state index is -0.276. The first-order valence-electron chi connectivity index (χ1n) is 10.3. The second-order valence-corrected chi connectivity index (χ2v) is 7.44. The van der Waals surface area contributed by atoms with E-state index < -0.39 is 0 Å². The fraction of sp³-hybridized carbons (Fsp3) is 0.160. The first-order valence-corrected chi connectivity index (χ1v) is 10.3. The topological polar surface area (TPSA) is 64.4 Å². The van der Waals surface area contributed by atoms with E-state index in [-0.39, 0.29) is 18.4 Å². The van der Waals surface area contributed by atoms with Crippen LogP contribution >= 0.6 is 0 Å². The Balaban J connectivity index is 1.42. The van der Waals surface area contributed by atoms with Crippen molar-refractivity contribution in [2.75, 3.05) is 0 Å². The summed E-state index contributed by atoms with van der Waals surface area (Å²) in [5, 5.41) is 0. The van der Waals surface area contributed by atoms with Crippen molar-refractivity contribution in [1.82, 2.24) is 14.5 Å². The molecule has 5 rings (SSSR count). The van der Waals surface area contributed by atoms with Crippen LogP contribution in [0.4, 0.5) is 0 Å². The lowest BCUT2D eigenvalue weighted by Gasteiger charge is -2.14. The van der Waals surface area contributed by atoms with Gasteiger partial charge in [-0.05, 0) is 36.8 Å². The molecule has 2 amide bonds. The summed E-state index contributed by atoms with van der Waals surface area (Å²) < 4.78 is 7.98. The maximum absolute atomic E-state index is 12.7. The summed E-state index contributed by atoms with van der Waals surface area (Å²) >= 11 is 0. The molecular weight excluding hydrogens is 390 g/mol. The molecule has 0 unspecified atom stereocenters. The van der Waals surface area contributed by atoms with Crippen LogP contribution in [0.2, 0.25) is 0 Å². The molecule has 0 saturated heterocycles. The fourth-order valence-electron chi connectivity index (χ4n) is 3.98. The van der Waals surface area contributed by atoms with Crippen molar-refractivity contribution in [1.29, 1.82) is 0 Å². The molecule has 4 aromatic rings. The van der Waals surface area contributed by atoms with Gasteiger partial charge in [-0.15, -0.1) is 0 Å². The van der Waals surface area contributed by atoms with Crippen LogP contribution in [0.5, 0.6) is 5.75 Å². The lowest BCUT2D eigenvalue weighted by molar-refractivity contribution is 0.0637. The first kappa shape index (κ1) is 19.1. The number of fused-ring (bicyclic) bond motifs is 2. The fourth-order valence-corrected chi connectivity index (χ4v) is 3.98. The van der Waals surface area contributed by atoms with Gasteiger partial charge in [-0.25, -0.2) is 4.98 Å². The molecular formula is C25H21N3O3. The number of hydrogen-bond acceptors (Lipinski definition) is 4. The largest absolute Gasteiger partial charge is 0.489 e. The van der Waals surface area contributed by atoms with E-state index in [1.165, 1.54) is 4.90 Å². The summed E-state index contributed by atoms with van der Waals surface area (Å²) in [7, 11) is 0. The Morgan fingerprint density at radius 1 is 0.871 bits per heavy atom. The highest BCUT2D eigenvalue weighted by atomic mass is 16.5. The van der Waals surface area contributed by atoms with Crippen LogP contribution in [0, 0.1) is 0 Å². The lowest BCUT2D eigenvalue weighted by atomic mass is 10.1. The number of nitrogens with zero attached hydrogens (tertiary/aromatic N) is 3. The SMILES string of the molecule is CCn1c(CN2C(=O)c3ccccc3C2=O)nc2ccc(OCc3ccccc3)cc21. The van der Waals surface area contributed by atoms with E-state index in [0.717, 1.165) is 22.3 Å². The van der Waals surface area contributed by atoms with Gasteiger partial charge in [-0.1, -0.05) is 42.5 Å². The van der Waals surface area contributed by atoms with Gasteiger partial charge in [-0.2, -0.15) is 0 Å². The number of aryl methyl sites for hydroxylation is 1. The zero-order valence-corrected chi connectivity index (χ0v) is 17.1. The zero-order valence-electron chi connectivity index (χ0n) is 17.1. The minimum absolute atomic E-state index is 0.134. The number of amides is 2. The molecule has 0 spiro atoms. The van der Waals surface area contributed by atoms with Gasteiger partial charge in [0.25, 0.3) is 11.8 Å². The predicted octanol–water partition coefficient (Wildman–Crippen LogP) is 4.43. The number of hydrogen-bond donors (Lipinski definition) is 0. The summed E-state index contributed by atoms with van der Waals surface area (Å²) in [5.74, 6) is 0.870. The molecule has 0 bridgehead atoms. The maximum atomic E-state index is 12.7. The highest BCUT2D eigenvalue weighted by molar-refractivity contribution is 6.21. The molecule has 0 N–H and O–H groups in total. The van der Waals surface area contributed by atoms with Crippen LogP contribution in [-0.4, -0.2) is 26.3 Å². The van der Waals surface area contributed by atoms with E-state index in [1.54, 1.807) is 24.3 Å². The minimum Gasteiger partial charge on any atom is -0.489 e. The zero-order chi connectivity index (χ0) is 21.4. The normalized spacial score (nSPS) is 13.1. The van der Waals surface area contributed by atoms with Crippen molar-refractivity contribution in [2.24, 2.45) is 0 Å². The van der Waals surface area contributed by atoms with E-state index in [0.29, 0.717) is 30.1 Å². The van der Waals surface area contributed by atoms with E-state index in [2.05, 4.69) is 0 Å². The van der Waals surface area contributed by atoms with Gasteiger partial charge in [0, 0.05) is 12.6 Å². The summed E-state index contributed by atoms with van der Waals surface area (Å²) in [6, 6.07) is 22.7. The van der Waals surface area contributed by atoms with Crippen molar-refractivity contribution in [2.45, 2.75) is 26.6 Å². The smallest absolute Gasteiger partial charge is 0.261 e. The third-order valence-electron chi connectivity index (χ3n) is 5.54. The standard InChI is InChI=1S/C25H21N3O3/c1-2-27-22-14-18(31-16-17-8-4-3-5-9-17)12-13-21(22)26-23(27)15-28-24(29)19-10-6-7-11-20(19)25(28)30/h3-14H,2,15-16H2,1H3. The molecule has 3 aromatic carbocycles. The number of rotatable bonds is 6. The van der Waals surface area contributed by atoms with Crippen LogP contribution in [-0.2, 0) is 19.7 Å². The van der Waals surface area contributed by atoms with Gasteiger partial charge in [0.1, 0.15) is 18.2 Å². The second kappa shape index (κ2) is 7.72. The number of ether oxygens (including phenoxy) is 1. The molecule has 1 aromatic heterocycles. The summed E-state index contributed by atoms with van der Waals surface area (Å²) in [4.78, 5) is 31.5. The van der Waals surface area contributed by atoms with Crippen LogP contribution in [0.3, 0.4) is 0 Å². The third kappa shape index (κ3) is 3.36. The van der Waals surface area contributed by atoms with Crippen molar-refractivity contribution in [3.05, 3.63) is 95.3 Å². The van der Waals surface area contributed by atoms with Gasteiger partial charge < -0.3 is 9.30 Å². The Morgan fingerprint density at radius 3 is 2.23 bits per heavy atom. The number of aromatic nitrogens is 2. The summed E-state index contributed by atoms with van der Waals surface area (Å²) in [6.07, 6.45) is 0. The molecule has 1 aliphatic heterocycles. The molecule has 0 fully saturated rings. The van der Waals surface area contributed by atoms with Crippen LogP contribution in [0.25, 0.3) is 11.0 Å². The van der Waals surface area contributed by atoms with Crippen molar-refractivity contribution in [3.8, 4) is 5.75 Å². The number of imide groups is 1. The number of carbonyl (C=O) groups excluding carboxylic acids is 2. The van der Waals surface area contributed by atoms with Crippen LogP contribution in [0.1, 0.15) is 39.0 Å². The third-order valence-corrected chi connectivity index (χ3v) is 5.54. The molecule has 1 aliphatic rings. The quantitative estimate of drug-likeness (QED) is 0.440. The van der Waals surface area contributed by atoms with E-state index in [1.807, 2.05) is 60.0 Å². The molecule has 0 aliphatic carbocycles. The highest BCUT2D eigenvalue weighted by Gasteiger charge is 2.36. The highest BCUT2D eigenvalue weighted by Crippen LogP contribution is 2.27. The Labute approximate surface area is 179 Å². The predicted molar refractivity (Wildman–Crippen MR) is 117 cm³/mol.